The summed E-state index contributed by atoms with van der Waals surface area (Å²) in [7, 11) is 0. The molecule has 0 fully saturated rings. The third kappa shape index (κ3) is 4.96. The molecule has 0 bridgehead atoms. The molecular formula is C21H19BrF3N3O2. The zero-order chi connectivity index (χ0) is 21.9. The Morgan fingerprint density at radius 3 is 2.30 bits per heavy atom. The largest absolute Gasteiger partial charge is 0.573 e. The predicted molar refractivity (Wildman–Crippen MR) is 114 cm³/mol. The maximum absolute atomic E-state index is 12.9. The number of hydrogen-bond acceptors (Lipinski definition) is 4. The molecule has 158 valence electrons. The van der Waals surface area contributed by atoms with Crippen LogP contribution < -0.4 is 20.9 Å². The lowest BCUT2D eigenvalue weighted by atomic mass is 10.2. The fourth-order valence-corrected chi connectivity index (χ4v) is 3.74. The van der Waals surface area contributed by atoms with Gasteiger partial charge in [0.1, 0.15) is 11.4 Å². The smallest absolute Gasteiger partial charge is 0.406 e. The van der Waals surface area contributed by atoms with Crippen LogP contribution in [0.5, 0.6) is 5.75 Å². The molecule has 1 aromatic heterocycles. The fourth-order valence-electron chi connectivity index (χ4n) is 3.07. The number of pyridine rings is 1. The van der Waals surface area contributed by atoms with Crippen LogP contribution in [0.1, 0.15) is 12.5 Å². The number of hydrogen-bond donors (Lipinski definition) is 1. The lowest BCUT2D eigenvalue weighted by Crippen LogP contribution is -2.29. The molecule has 0 saturated carbocycles. The highest BCUT2D eigenvalue weighted by molar-refractivity contribution is 9.10. The van der Waals surface area contributed by atoms with Gasteiger partial charge in [-0.3, -0.25) is 9.36 Å². The van der Waals surface area contributed by atoms with Gasteiger partial charge in [-0.2, -0.15) is 0 Å². The first-order valence-corrected chi connectivity index (χ1v) is 9.84. The summed E-state index contributed by atoms with van der Waals surface area (Å²) >= 11 is 3.48. The molecule has 0 unspecified atom stereocenters. The molecule has 9 heteroatoms. The third-order valence-electron chi connectivity index (χ3n) is 4.44. The summed E-state index contributed by atoms with van der Waals surface area (Å²) in [5.74, 6) is -0.372. The van der Waals surface area contributed by atoms with E-state index in [0.717, 1.165) is 17.7 Å². The number of halogens is 4. The molecule has 0 spiro atoms. The first-order chi connectivity index (χ1) is 14.2. The lowest BCUT2D eigenvalue weighted by Gasteiger charge is -2.26. The summed E-state index contributed by atoms with van der Waals surface area (Å²) in [6.45, 7) is 3.14. The lowest BCUT2D eigenvalue weighted by molar-refractivity contribution is -0.274. The highest BCUT2D eigenvalue weighted by atomic mass is 79.9. The van der Waals surface area contributed by atoms with E-state index >= 15 is 0 Å². The van der Waals surface area contributed by atoms with Crippen molar-refractivity contribution in [2.45, 2.75) is 19.8 Å². The fraction of sp³-hybridized carbons (Fsp3) is 0.190. The van der Waals surface area contributed by atoms with Crippen LogP contribution in [-0.4, -0.2) is 17.5 Å². The Morgan fingerprint density at radius 1 is 1.10 bits per heavy atom. The van der Waals surface area contributed by atoms with Crippen molar-refractivity contribution >= 4 is 27.3 Å². The summed E-state index contributed by atoms with van der Waals surface area (Å²) in [5, 5.41) is 0. The van der Waals surface area contributed by atoms with Crippen LogP contribution in [0.2, 0.25) is 0 Å². The highest BCUT2D eigenvalue weighted by Gasteiger charge is 2.31. The van der Waals surface area contributed by atoms with Crippen molar-refractivity contribution in [2.24, 2.45) is 0 Å². The second-order valence-electron chi connectivity index (χ2n) is 6.46. The van der Waals surface area contributed by atoms with Crippen molar-refractivity contribution in [3.63, 3.8) is 0 Å². The van der Waals surface area contributed by atoms with Crippen LogP contribution in [0, 0.1) is 0 Å². The van der Waals surface area contributed by atoms with E-state index in [1.54, 1.807) is 6.20 Å². The van der Waals surface area contributed by atoms with Crippen LogP contribution in [0.25, 0.3) is 5.69 Å². The second-order valence-corrected chi connectivity index (χ2v) is 7.31. The number of nitrogens with zero attached hydrogens (tertiary/aromatic N) is 2. The second kappa shape index (κ2) is 8.83. The topological polar surface area (TPSA) is 60.5 Å². The van der Waals surface area contributed by atoms with Gasteiger partial charge < -0.3 is 15.4 Å². The maximum Gasteiger partial charge on any atom is 0.573 e. The molecule has 5 nitrogen and oxygen atoms in total. The Bertz CT molecular complexity index is 1070. The van der Waals surface area contributed by atoms with Crippen molar-refractivity contribution in [3.05, 3.63) is 81.2 Å². The van der Waals surface area contributed by atoms with Crippen LogP contribution >= 0.6 is 15.9 Å². The SMILES string of the molecule is CCN(Cc1ccccc1)c1c(Br)cn(-c2ccc(OC(F)(F)F)cc2)c(=O)c1N. The van der Waals surface area contributed by atoms with E-state index in [4.69, 9.17) is 5.73 Å². The third-order valence-corrected chi connectivity index (χ3v) is 5.02. The Morgan fingerprint density at radius 2 is 1.73 bits per heavy atom. The molecule has 0 aliphatic heterocycles. The van der Waals surface area contributed by atoms with E-state index in [2.05, 4.69) is 20.7 Å². The quantitative estimate of drug-likeness (QED) is 0.531. The summed E-state index contributed by atoms with van der Waals surface area (Å²) in [6.07, 6.45) is -3.23. The number of anilines is 2. The number of benzene rings is 2. The molecule has 0 atom stereocenters. The average molecular weight is 482 g/mol. The molecule has 3 aromatic rings. The predicted octanol–water partition coefficient (Wildman–Crippen LogP) is 5.11. The van der Waals surface area contributed by atoms with E-state index < -0.39 is 11.9 Å². The summed E-state index contributed by atoms with van der Waals surface area (Å²) < 4.78 is 42.7. The number of nitrogen functional groups attached to an aromatic ring is 1. The molecule has 0 radical (unpaired) electrons. The van der Waals surface area contributed by atoms with Crippen molar-refractivity contribution < 1.29 is 17.9 Å². The monoisotopic (exact) mass is 481 g/mol. The molecule has 0 aliphatic rings. The average Bonchev–Trinajstić information content (AvgIpc) is 2.70. The maximum atomic E-state index is 12.9. The van der Waals surface area contributed by atoms with Gasteiger partial charge in [-0.25, -0.2) is 0 Å². The molecular weight excluding hydrogens is 463 g/mol. The molecule has 1 heterocycles. The first kappa shape index (κ1) is 21.8. The molecule has 0 amide bonds. The Kier molecular flexibility index (Phi) is 6.40. The van der Waals surface area contributed by atoms with Gasteiger partial charge in [0, 0.05) is 25.0 Å². The molecule has 3 rings (SSSR count). The minimum atomic E-state index is -4.78. The van der Waals surface area contributed by atoms with Crippen molar-refractivity contribution in [3.8, 4) is 11.4 Å². The summed E-state index contributed by atoms with van der Waals surface area (Å²) in [6, 6.07) is 14.8. The van der Waals surface area contributed by atoms with Gasteiger partial charge in [-0.1, -0.05) is 30.3 Å². The Balaban J connectivity index is 1.95. The van der Waals surface area contributed by atoms with Crippen molar-refractivity contribution in [2.75, 3.05) is 17.2 Å². The highest BCUT2D eigenvalue weighted by Crippen LogP contribution is 2.32. The molecule has 30 heavy (non-hydrogen) atoms. The van der Waals surface area contributed by atoms with Crippen LogP contribution in [0.4, 0.5) is 24.5 Å². The molecule has 2 N–H and O–H groups in total. The van der Waals surface area contributed by atoms with Gasteiger partial charge in [0.25, 0.3) is 5.56 Å². The molecule has 0 saturated heterocycles. The minimum Gasteiger partial charge on any atom is -0.406 e. The minimum absolute atomic E-state index is 0.0396. The summed E-state index contributed by atoms with van der Waals surface area (Å²) in [5.41, 5.74) is 7.75. The van der Waals surface area contributed by atoms with E-state index in [-0.39, 0.29) is 11.4 Å². The van der Waals surface area contributed by atoms with Crippen LogP contribution in [0.15, 0.2) is 70.1 Å². The van der Waals surface area contributed by atoms with Crippen LogP contribution in [0.3, 0.4) is 0 Å². The van der Waals surface area contributed by atoms with E-state index in [9.17, 15) is 18.0 Å². The Labute approximate surface area is 179 Å². The van der Waals surface area contributed by atoms with Gasteiger partial charge in [0.2, 0.25) is 0 Å². The van der Waals surface area contributed by atoms with E-state index in [1.165, 1.54) is 16.7 Å². The van der Waals surface area contributed by atoms with Crippen LogP contribution in [-0.2, 0) is 6.54 Å². The number of rotatable bonds is 6. The number of alkyl halides is 3. The van der Waals surface area contributed by atoms with Gasteiger partial charge >= 0.3 is 6.36 Å². The van der Waals surface area contributed by atoms with Gasteiger partial charge in [0.05, 0.1) is 10.2 Å². The standard InChI is InChI=1S/C21H19BrF3N3O2/c1-2-27(12-14-6-4-3-5-7-14)19-17(22)13-28(20(29)18(19)26)15-8-10-16(11-9-15)30-21(23,24)25/h3-11,13H,2,12,26H2,1H3. The molecule has 2 aromatic carbocycles. The van der Waals surface area contributed by atoms with E-state index in [0.29, 0.717) is 28.9 Å². The van der Waals surface area contributed by atoms with Crippen molar-refractivity contribution in [1.29, 1.82) is 0 Å². The van der Waals surface area contributed by atoms with E-state index in [1.807, 2.05) is 42.2 Å². The normalized spacial score (nSPS) is 11.4. The van der Waals surface area contributed by atoms with Crippen molar-refractivity contribution in [1.82, 2.24) is 4.57 Å². The zero-order valence-electron chi connectivity index (χ0n) is 16.0. The first-order valence-electron chi connectivity index (χ1n) is 9.05. The number of aromatic nitrogens is 1. The zero-order valence-corrected chi connectivity index (χ0v) is 17.6. The van der Waals surface area contributed by atoms with Gasteiger partial charge in [-0.15, -0.1) is 13.2 Å². The summed E-state index contributed by atoms with van der Waals surface area (Å²) in [4.78, 5) is 14.9. The number of nitrogens with two attached hydrogens (primary N) is 1. The Hall–Kier alpha value is -2.94. The number of ether oxygens (including phenoxy) is 1. The van der Waals surface area contributed by atoms with Gasteiger partial charge in [0.15, 0.2) is 0 Å². The molecule has 0 aliphatic carbocycles. The van der Waals surface area contributed by atoms with Gasteiger partial charge in [-0.05, 0) is 52.7 Å².